The van der Waals surface area contributed by atoms with E-state index in [0.29, 0.717) is 31.2 Å². The highest BCUT2D eigenvalue weighted by atomic mass is 79.9. The van der Waals surface area contributed by atoms with E-state index in [-0.39, 0.29) is 11.8 Å². The second-order valence-corrected chi connectivity index (χ2v) is 9.96. The minimum atomic E-state index is -0.513. The molecule has 32 heavy (non-hydrogen) atoms. The molecule has 2 aromatic carbocycles. The number of methoxy groups -OCH3 is 1. The summed E-state index contributed by atoms with van der Waals surface area (Å²) in [5, 5.41) is 3.00. The third kappa shape index (κ3) is 8.51. The molecule has 1 N–H and O–H groups in total. The Bertz CT molecular complexity index is 874. The number of carbonyl (C=O) groups excluding carboxylic acids is 2. The van der Waals surface area contributed by atoms with Gasteiger partial charge in [0.15, 0.2) is 0 Å². The number of ether oxygens (including phenoxy) is 1. The monoisotopic (exact) mass is 520 g/mol. The molecule has 0 bridgehead atoms. The molecule has 2 amide bonds. The molecule has 2 rings (SSSR count). The highest BCUT2D eigenvalue weighted by Gasteiger charge is 2.28. The zero-order valence-corrected chi connectivity index (χ0v) is 21.7. The Balaban J connectivity index is 2.13. The van der Waals surface area contributed by atoms with E-state index >= 15 is 0 Å². The van der Waals surface area contributed by atoms with Crippen LogP contribution in [-0.4, -0.2) is 42.2 Å². The third-order valence-corrected chi connectivity index (χ3v) is 6.48. The molecule has 2 aromatic rings. The molecular formula is C25H33BrN2O3S. The number of amides is 2. The summed E-state index contributed by atoms with van der Waals surface area (Å²) in [6, 6.07) is 15.2. The number of rotatable bonds is 12. The lowest BCUT2D eigenvalue weighted by Crippen LogP contribution is -2.50. The highest BCUT2D eigenvalue weighted by molar-refractivity contribution is 9.10. The van der Waals surface area contributed by atoms with Crippen LogP contribution in [-0.2, 0) is 21.9 Å². The molecule has 1 unspecified atom stereocenters. The number of halogens is 1. The Kier molecular flexibility index (Phi) is 11.1. The molecule has 7 heteroatoms. The maximum absolute atomic E-state index is 13.3. The van der Waals surface area contributed by atoms with Gasteiger partial charge in [0, 0.05) is 23.3 Å². The molecule has 0 aromatic heterocycles. The molecule has 0 saturated carbocycles. The van der Waals surface area contributed by atoms with Gasteiger partial charge in [0.05, 0.1) is 12.9 Å². The van der Waals surface area contributed by atoms with Crippen molar-refractivity contribution in [3.8, 4) is 5.75 Å². The summed E-state index contributed by atoms with van der Waals surface area (Å²) in [7, 11) is 1.62. The summed E-state index contributed by atoms with van der Waals surface area (Å²) in [4.78, 5) is 27.9. The summed E-state index contributed by atoms with van der Waals surface area (Å²) < 4.78 is 6.36. The van der Waals surface area contributed by atoms with Gasteiger partial charge in [-0.3, -0.25) is 9.59 Å². The van der Waals surface area contributed by atoms with E-state index in [2.05, 4.69) is 35.1 Å². The molecule has 0 spiro atoms. The summed E-state index contributed by atoms with van der Waals surface area (Å²) in [6.45, 7) is 7.01. The van der Waals surface area contributed by atoms with Gasteiger partial charge in [-0.25, -0.2) is 0 Å². The standard InChI is InChI=1S/C25H33BrN2O3S/c1-5-23(25(30)27-14-18(2)3)28(15-20-7-6-8-22(13-20)31-4)24(29)17-32-16-19-9-11-21(26)12-10-19/h6-13,18,23H,5,14-17H2,1-4H3,(H,27,30). The van der Waals surface area contributed by atoms with E-state index in [1.165, 1.54) is 0 Å². The van der Waals surface area contributed by atoms with E-state index in [1.54, 1.807) is 23.8 Å². The fourth-order valence-electron chi connectivity index (χ4n) is 3.23. The van der Waals surface area contributed by atoms with Crippen LogP contribution in [0.4, 0.5) is 0 Å². The van der Waals surface area contributed by atoms with Crippen molar-refractivity contribution in [3.05, 3.63) is 64.1 Å². The molecular weight excluding hydrogens is 488 g/mol. The Hall–Kier alpha value is -1.99. The Labute approximate surface area is 204 Å². The Morgan fingerprint density at radius 1 is 1.12 bits per heavy atom. The van der Waals surface area contributed by atoms with Crippen LogP contribution in [0.3, 0.4) is 0 Å². The molecule has 0 fully saturated rings. The van der Waals surface area contributed by atoms with Crippen molar-refractivity contribution >= 4 is 39.5 Å². The maximum atomic E-state index is 13.3. The average molecular weight is 522 g/mol. The lowest BCUT2D eigenvalue weighted by molar-refractivity contribution is -0.139. The quantitative estimate of drug-likeness (QED) is 0.414. The Morgan fingerprint density at radius 2 is 1.84 bits per heavy atom. The fraction of sp³-hybridized carbons (Fsp3) is 0.440. The number of carbonyl (C=O) groups is 2. The van der Waals surface area contributed by atoms with E-state index in [1.807, 2.05) is 55.5 Å². The first-order valence-corrected chi connectivity index (χ1v) is 12.8. The van der Waals surface area contributed by atoms with Gasteiger partial charge < -0.3 is 15.0 Å². The van der Waals surface area contributed by atoms with E-state index in [9.17, 15) is 9.59 Å². The van der Waals surface area contributed by atoms with E-state index in [4.69, 9.17) is 4.74 Å². The first kappa shape index (κ1) is 26.3. The van der Waals surface area contributed by atoms with Crippen LogP contribution in [0.2, 0.25) is 0 Å². The van der Waals surface area contributed by atoms with Crippen LogP contribution in [0, 0.1) is 5.92 Å². The zero-order chi connectivity index (χ0) is 23.5. The normalized spacial score (nSPS) is 11.8. The van der Waals surface area contributed by atoms with Crippen LogP contribution in [0.15, 0.2) is 53.0 Å². The summed E-state index contributed by atoms with van der Waals surface area (Å²) in [5.74, 6) is 1.99. The Morgan fingerprint density at radius 3 is 2.47 bits per heavy atom. The smallest absolute Gasteiger partial charge is 0.242 e. The fourth-order valence-corrected chi connectivity index (χ4v) is 4.36. The van der Waals surface area contributed by atoms with Crippen molar-refractivity contribution in [1.82, 2.24) is 10.2 Å². The summed E-state index contributed by atoms with van der Waals surface area (Å²) in [5.41, 5.74) is 2.10. The number of hydrogen-bond acceptors (Lipinski definition) is 4. The van der Waals surface area contributed by atoms with Crippen molar-refractivity contribution in [3.63, 3.8) is 0 Å². The van der Waals surface area contributed by atoms with E-state index in [0.717, 1.165) is 27.1 Å². The molecule has 0 aliphatic heterocycles. The van der Waals surface area contributed by atoms with Gasteiger partial charge in [-0.1, -0.05) is 61.0 Å². The summed E-state index contributed by atoms with van der Waals surface area (Å²) in [6.07, 6.45) is 0.553. The third-order valence-electron chi connectivity index (χ3n) is 4.97. The first-order valence-electron chi connectivity index (χ1n) is 10.9. The number of hydrogen-bond donors (Lipinski definition) is 1. The second kappa shape index (κ2) is 13.5. The zero-order valence-electron chi connectivity index (χ0n) is 19.3. The predicted octanol–water partition coefficient (Wildman–Crippen LogP) is 5.27. The number of thioether (sulfide) groups is 1. The first-order chi connectivity index (χ1) is 15.3. The van der Waals surface area contributed by atoms with Crippen LogP contribution >= 0.6 is 27.7 Å². The highest BCUT2D eigenvalue weighted by Crippen LogP contribution is 2.20. The van der Waals surface area contributed by atoms with E-state index < -0.39 is 6.04 Å². The van der Waals surface area contributed by atoms with Gasteiger partial charge in [0.25, 0.3) is 0 Å². The van der Waals surface area contributed by atoms with Crippen molar-refractivity contribution in [1.29, 1.82) is 0 Å². The van der Waals surface area contributed by atoms with Crippen molar-refractivity contribution in [2.24, 2.45) is 5.92 Å². The van der Waals surface area contributed by atoms with Gasteiger partial charge in [-0.05, 0) is 47.7 Å². The molecule has 0 saturated heterocycles. The molecule has 5 nitrogen and oxygen atoms in total. The number of benzene rings is 2. The van der Waals surface area contributed by atoms with Crippen LogP contribution in [0.25, 0.3) is 0 Å². The minimum Gasteiger partial charge on any atom is -0.497 e. The second-order valence-electron chi connectivity index (χ2n) is 8.06. The van der Waals surface area contributed by atoms with Gasteiger partial charge in [0.2, 0.25) is 11.8 Å². The maximum Gasteiger partial charge on any atom is 0.242 e. The summed E-state index contributed by atoms with van der Waals surface area (Å²) >= 11 is 5.00. The van der Waals surface area contributed by atoms with Gasteiger partial charge in [-0.2, -0.15) is 0 Å². The molecule has 0 aliphatic carbocycles. The van der Waals surface area contributed by atoms with Crippen molar-refractivity contribution in [2.45, 2.75) is 45.5 Å². The van der Waals surface area contributed by atoms with Crippen LogP contribution in [0.5, 0.6) is 5.75 Å². The largest absolute Gasteiger partial charge is 0.497 e. The van der Waals surface area contributed by atoms with Gasteiger partial charge in [0.1, 0.15) is 11.8 Å². The van der Waals surface area contributed by atoms with Gasteiger partial charge in [-0.15, -0.1) is 11.8 Å². The average Bonchev–Trinajstić information content (AvgIpc) is 2.78. The number of nitrogens with zero attached hydrogens (tertiary/aromatic N) is 1. The van der Waals surface area contributed by atoms with Gasteiger partial charge >= 0.3 is 0 Å². The minimum absolute atomic E-state index is 0.0403. The van der Waals surface area contributed by atoms with Crippen molar-refractivity contribution < 1.29 is 14.3 Å². The SMILES string of the molecule is CCC(C(=O)NCC(C)C)N(Cc1cccc(OC)c1)C(=O)CSCc1ccc(Br)cc1. The molecule has 1 atom stereocenters. The van der Waals surface area contributed by atoms with Crippen LogP contribution < -0.4 is 10.1 Å². The number of nitrogens with one attached hydrogen (secondary N) is 1. The lowest BCUT2D eigenvalue weighted by Gasteiger charge is -2.31. The molecule has 0 heterocycles. The predicted molar refractivity (Wildman–Crippen MR) is 136 cm³/mol. The molecule has 174 valence electrons. The topological polar surface area (TPSA) is 58.6 Å². The van der Waals surface area contributed by atoms with Crippen LogP contribution in [0.1, 0.15) is 38.3 Å². The molecule has 0 aliphatic rings. The van der Waals surface area contributed by atoms with Crippen molar-refractivity contribution in [2.75, 3.05) is 19.4 Å². The lowest BCUT2D eigenvalue weighted by atomic mass is 10.1. The molecule has 0 radical (unpaired) electrons.